The summed E-state index contributed by atoms with van der Waals surface area (Å²) in [6.07, 6.45) is 3.82. The molecule has 0 aromatic carbocycles. The predicted octanol–water partition coefficient (Wildman–Crippen LogP) is 0.380. The summed E-state index contributed by atoms with van der Waals surface area (Å²) < 4.78 is 0. The van der Waals surface area contributed by atoms with Crippen molar-refractivity contribution in [3.8, 4) is 0 Å². The number of hydrogen-bond acceptors (Lipinski definition) is 4. The maximum Gasteiger partial charge on any atom is 0.331 e. The molecule has 0 spiro atoms. The van der Waals surface area contributed by atoms with Crippen LogP contribution < -0.4 is 16.4 Å². The van der Waals surface area contributed by atoms with Crippen molar-refractivity contribution in [2.24, 2.45) is 5.73 Å². The first-order chi connectivity index (χ1) is 9.38. The molecule has 0 aliphatic heterocycles. The molecule has 0 aromatic rings. The summed E-state index contributed by atoms with van der Waals surface area (Å²) >= 11 is 0. The number of nitrogens with one attached hydrogen (secondary N) is 2. The minimum atomic E-state index is -0.946. The maximum atomic E-state index is 11.3. The van der Waals surface area contributed by atoms with Gasteiger partial charge < -0.3 is 21.5 Å². The molecular weight excluding hydrogens is 258 g/mol. The van der Waals surface area contributed by atoms with Gasteiger partial charge in [0.1, 0.15) is 0 Å². The van der Waals surface area contributed by atoms with E-state index in [2.05, 4.69) is 24.5 Å². The lowest BCUT2D eigenvalue weighted by Crippen LogP contribution is -2.61. The average Bonchev–Trinajstić information content (AvgIpc) is 2.38. The van der Waals surface area contributed by atoms with E-state index in [1.54, 1.807) is 6.08 Å². The third kappa shape index (κ3) is 4.31. The van der Waals surface area contributed by atoms with E-state index in [0.717, 1.165) is 12.8 Å². The van der Waals surface area contributed by atoms with E-state index in [-0.39, 0.29) is 30.5 Å². The Morgan fingerprint density at radius 1 is 1.45 bits per heavy atom. The predicted molar refractivity (Wildman–Crippen MR) is 77.2 cm³/mol. The molecule has 1 rings (SSSR count). The summed E-state index contributed by atoms with van der Waals surface area (Å²) in [6.45, 7) is 5.58. The normalized spacial score (nSPS) is 26.2. The lowest BCUT2D eigenvalue weighted by molar-refractivity contribution is -0.133. The summed E-state index contributed by atoms with van der Waals surface area (Å²) in [6, 6.07) is -0.662. The zero-order valence-electron chi connectivity index (χ0n) is 12.3. The number of aliphatic carboxylic acids is 1. The Morgan fingerprint density at radius 2 is 2.05 bits per heavy atom. The monoisotopic (exact) mass is 283 g/mol. The Morgan fingerprint density at radius 3 is 2.50 bits per heavy atom. The second-order valence-electron chi connectivity index (χ2n) is 5.30. The highest BCUT2D eigenvalue weighted by molar-refractivity contribution is 5.87. The minimum Gasteiger partial charge on any atom is -0.478 e. The van der Waals surface area contributed by atoms with Gasteiger partial charge in [-0.25, -0.2) is 4.79 Å². The van der Waals surface area contributed by atoms with Gasteiger partial charge in [-0.05, 0) is 19.3 Å². The number of carbonyl (C=O) groups is 2. The highest BCUT2D eigenvalue weighted by Gasteiger charge is 2.34. The zero-order valence-corrected chi connectivity index (χ0v) is 12.3. The topological polar surface area (TPSA) is 104 Å². The molecule has 1 amide bonds. The highest BCUT2D eigenvalue weighted by atomic mass is 16.4. The van der Waals surface area contributed by atoms with Crippen molar-refractivity contribution in [3.05, 3.63) is 11.6 Å². The van der Waals surface area contributed by atoms with E-state index in [1.165, 1.54) is 6.92 Å². The van der Waals surface area contributed by atoms with E-state index in [4.69, 9.17) is 10.8 Å². The van der Waals surface area contributed by atoms with Crippen LogP contribution in [-0.4, -0.2) is 41.2 Å². The van der Waals surface area contributed by atoms with Crippen LogP contribution in [-0.2, 0) is 9.59 Å². The Balaban J connectivity index is 2.96. The second-order valence-corrected chi connectivity index (χ2v) is 5.30. The number of rotatable bonds is 6. The average molecular weight is 283 g/mol. The Bertz CT molecular complexity index is 391. The molecule has 114 valence electrons. The van der Waals surface area contributed by atoms with Gasteiger partial charge in [0.2, 0.25) is 5.91 Å². The molecule has 6 heteroatoms. The fourth-order valence-corrected chi connectivity index (χ4v) is 2.57. The molecule has 3 atom stereocenters. The van der Waals surface area contributed by atoms with Gasteiger partial charge in [0.25, 0.3) is 0 Å². The largest absolute Gasteiger partial charge is 0.478 e. The van der Waals surface area contributed by atoms with E-state index >= 15 is 0 Å². The number of carboxylic acids is 1. The van der Waals surface area contributed by atoms with Crippen molar-refractivity contribution < 1.29 is 14.7 Å². The molecule has 0 heterocycles. The first-order valence-corrected chi connectivity index (χ1v) is 7.11. The molecule has 0 saturated carbocycles. The summed E-state index contributed by atoms with van der Waals surface area (Å²) in [5.74, 6) is -1.10. The SMILES string of the molecule is CCC(CC)N[C@@H]1C=C(C(=O)O)C[C@H](N)C1NC(C)=O. The fraction of sp³-hybridized carbons (Fsp3) is 0.714. The first kappa shape index (κ1) is 16.7. The van der Waals surface area contributed by atoms with Crippen LogP contribution in [0.15, 0.2) is 11.6 Å². The summed E-state index contributed by atoms with van der Waals surface area (Å²) in [7, 11) is 0. The first-order valence-electron chi connectivity index (χ1n) is 7.11. The number of carbonyl (C=O) groups excluding carboxylic acids is 1. The molecule has 0 saturated heterocycles. The highest BCUT2D eigenvalue weighted by Crippen LogP contribution is 2.19. The number of carboxylic acid groups (broad SMARTS) is 1. The Labute approximate surface area is 119 Å². The van der Waals surface area contributed by atoms with E-state index < -0.39 is 12.0 Å². The molecule has 5 N–H and O–H groups in total. The summed E-state index contributed by atoms with van der Waals surface area (Å²) in [5.41, 5.74) is 6.35. The van der Waals surface area contributed by atoms with E-state index in [9.17, 15) is 9.59 Å². The van der Waals surface area contributed by atoms with Crippen LogP contribution in [0.2, 0.25) is 0 Å². The lowest BCUT2D eigenvalue weighted by atomic mass is 9.86. The maximum absolute atomic E-state index is 11.3. The smallest absolute Gasteiger partial charge is 0.331 e. The Kier molecular flexibility index (Phi) is 6.16. The van der Waals surface area contributed by atoms with Crippen LogP contribution in [0.4, 0.5) is 0 Å². The van der Waals surface area contributed by atoms with Crippen LogP contribution in [0.25, 0.3) is 0 Å². The molecule has 0 radical (unpaired) electrons. The number of hydrogen-bond donors (Lipinski definition) is 4. The number of amides is 1. The molecule has 1 aliphatic carbocycles. The van der Waals surface area contributed by atoms with Crippen LogP contribution >= 0.6 is 0 Å². The number of nitrogens with two attached hydrogens (primary N) is 1. The fourth-order valence-electron chi connectivity index (χ4n) is 2.57. The quantitative estimate of drug-likeness (QED) is 0.564. The third-order valence-corrected chi connectivity index (χ3v) is 3.74. The molecular formula is C14H25N3O3. The van der Waals surface area contributed by atoms with Crippen LogP contribution in [0.1, 0.15) is 40.0 Å². The molecule has 0 bridgehead atoms. The van der Waals surface area contributed by atoms with Gasteiger partial charge in [0.15, 0.2) is 0 Å². The van der Waals surface area contributed by atoms with Gasteiger partial charge in [-0.2, -0.15) is 0 Å². The van der Waals surface area contributed by atoms with Crippen molar-refractivity contribution >= 4 is 11.9 Å². The molecule has 6 nitrogen and oxygen atoms in total. The van der Waals surface area contributed by atoms with Gasteiger partial charge in [0, 0.05) is 30.6 Å². The van der Waals surface area contributed by atoms with E-state index in [1.807, 2.05) is 0 Å². The minimum absolute atomic E-state index is 0.158. The van der Waals surface area contributed by atoms with Gasteiger partial charge >= 0.3 is 5.97 Å². The van der Waals surface area contributed by atoms with Gasteiger partial charge in [-0.15, -0.1) is 0 Å². The lowest BCUT2D eigenvalue weighted by Gasteiger charge is -2.37. The van der Waals surface area contributed by atoms with Crippen LogP contribution in [0.5, 0.6) is 0 Å². The standard InChI is InChI=1S/C14H25N3O3/c1-4-10(5-2)17-12-7-9(14(19)20)6-11(15)13(12)16-8(3)18/h7,10-13,17H,4-6,15H2,1-3H3,(H,16,18)(H,19,20)/t11-,12+,13?/m0/s1. The van der Waals surface area contributed by atoms with Gasteiger partial charge in [0.05, 0.1) is 6.04 Å². The van der Waals surface area contributed by atoms with Crippen molar-refractivity contribution in [3.63, 3.8) is 0 Å². The van der Waals surface area contributed by atoms with Crippen LogP contribution in [0.3, 0.4) is 0 Å². The molecule has 20 heavy (non-hydrogen) atoms. The molecule has 1 unspecified atom stereocenters. The van der Waals surface area contributed by atoms with Crippen molar-refractivity contribution in [2.75, 3.05) is 0 Å². The molecule has 1 aliphatic rings. The van der Waals surface area contributed by atoms with Crippen molar-refractivity contribution in [1.82, 2.24) is 10.6 Å². The third-order valence-electron chi connectivity index (χ3n) is 3.74. The van der Waals surface area contributed by atoms with Gasteiger partial charge in [-0.1, -0.05) is 19.9 Å². The molecule has 0 fully saturated rings. The zero-order chi connectivity index (χ0) is 15.3. The van der Waals surface area contributed by atoms with Crippen LogP contribution in [0, 0.1) is 0 Å². The summed E-state index contributed by atoms with van der Waals surface area (Å²) in [4.78, 5) is 22.5. The summed E-state index contributed by atoms with van der Waals surface area (Å²) in [5, 5.41) is 15.4. The van der Waals surface area contributed by atoms with Crippen molar-refractivity contribution in [2.45, 2.75) is 64.2 Å². The Hall–Kier alpha value is -1.40. The second kappa shape index (κ2) is 7.40. The molecule has 0 aromatic heterocycles. The van der Waals surface area contributed by atoms with Gasteiger partial charge in [-0.3, -0.25) is 4.79 Å². The van der Waals surface area contributed by atoms with E-state index in [0.29, 0.717) is 5.57 Å². The van der Waals surface area contributed by atoms with Crippen molar-refractivity contribution in [1.29, 1.82) is 0 Å².